The van der Waals surface area contributed by atoms with Gasteiger partial charge in [-0.2, -0.15) is 0 Å². The normalized spacial score (nSPS) is 30.8. The van der Waals surface area contributed by atoms with Gasteiger partial charge in [-0.3, -0.25) is 0 Å². The van der Waals surface area contributed by atoms with Gasteiger partial charge in [0.25, 0.3) is 0 Å². The first-order valence-corrected chi connectivity index (χ1v) is 6.17. The van der Waals surface area contributed by atoms with Crippen LogP contribution in [0.2, 0.25) is 0 Å². The lowest BCUT2D eigenvalue weighted by Crippen LogP contribution is -2.28. The minimum atomic E-state index is 0.453. The molecule has 0 aliphatic carbocycles. The van der Waals surface area contributed by atoms with Crippen LogP contribution >= 0.6 is 0 Å². The second kappa shape index (κ2) is 4.55. The van der Waals surface area contributed by atoms with Gasteiger partial charge in [0.2, 0.25) is 0 Å². The number of hydrogen-bond donors (Lipinski definition) is 1. The molecule has 1 N–H and O–H groups in total. The fourth-order valence-corrected chi connectivity index (χ4v) is 2.51. The predicted molar refractivity (Wildman–Crippen MR) is 59.5 cm³/mol. The predicted octanol–water partition coefficient (Wildman–Crippen LogP) is 1.65. The lowest BCUT2D eigenvalue weighted by Gasteiger charge is -2.19. The summed E-state index contributed by atoms with van der Waals surface area (Å²) in [5.74, 6) is 1.83. The van der Waals surface area contributed by atoms with Crippen LogP contribution in [0.15, 0.2) is 10.7 Å². The lowest BCUT2D eigenvalue weighted by molar-refractivity contribution is 0.193. The second-order valence-corrected chi connectivity index (χ2v) is 4.71. The summed E-state index contributed by atoms with van der Waals surface area (Å²) >= 11 is 0. The fourth-order valence-electron chi connectivity index (χ4n) is 2.51. The summed E-state index contributed by atoms with van der Waals surface area (Å²) in [6, 6.07) is 0. The zero-order valence-electron chi connectivity index (χ0n) is 9.45. The molecule has 2 saturated heterocycles. The Balaban J connectivity index is 1.71. The van der Waals surface area contributed by atoms with Crippen molar-refractivity contribution in [3.05, 3.63) is 17.8 Å². The Bertz CT molecular complexity index is 339. The Hall–Kier alpha value is -0.870. The summed E-state index contributed by atoms with van der Waals surface area (Å²) < 4.78 is 11.0. The molecular formula is C12H18N2O2. The average Bonchev–Trinajstić information content (AvgIpc) is 3.01. The van der Waals surface area contributed by atoms with Gasteiger partial charge in [-0.1, -0.05) is 0 Å². The summed E-state index contributed by atoms with van der Waals surface area (Å²) in [6.07, 6.45) is 5.31. The van der Waals surface area contributed by atoms with E-state index in [0.717, 1.165) is 44.3 Å². The molecule has 2 unspecified atom stereocenters. The topological polar surface area (TPSA) is 47.3 Å². The number of rotatable bonds is 2. The highest BCUT2D eigenvalue weighted by molar-refractivity contribution is 5.08. The molecule has 2 atom stereocenters. The van der Waals surface area contributed by atoms with Crippen molar-refractivity contribution in [2.24, 2.45) is 0 Å². The van der Waals surface area contributed by atoms with Crippen LogP contribution in [0.3, 0.4) is 0 Å². The summed E-state index contributed by atoms with van der Waals surface area (Å²) in [5, 5.41) is 3.39. The zero-order valence-corrected chi connectivity index (χ0v) is 9.45. The van der Waals surface area contributed by atoms with Crippen LogP contribution in [-0.2, 0) is 4.74 Å². The van der Waals surface area contributed by atoms with E-state index in [1.165, 1.54) is 12.8 Å². The number of oxazole rings is 1. The van der Waals surface area contributed by atoms with Crippen LogP contribution in [-0.4, -0.2) is 31.3 Å². The summed E-state index contributed by atoms with van der Waals surface area (Å²) in [5.41, 5.74) is 1.08. The first-order valence-electron chi connectivity index (χ1n) is 6.17. The highest BCUT2D eigenvalue weighted by atomic mass is 16.5. The molecule has 4 heteroatoms. The van der Waals surface area contributed by atoms with E-state index < -0.39 is 0 Å². The van der Waals surface area contributed by atoms with Crippen LogP contribution < -0.4 is 5.32 Å². The molecule has 0 spiro atoms. The van der Waals surface area contributed by atoms with Gasteiger partial charge in [-0.15, -0.1) is 0 Å². The van der Waals surface area contributed by atoms with Crippen molar-refractivity contribution in [1.29, 1.82) is 0 Å². The van der Waals surface area contributed by atoms with Crippen molar-refractivity contribution in [2.75, 3.05) is 26.3 Å². The molecule has 88 valence electrons. The highest BCUT2D eigenvalue weighted by Crippen LogP contribution is 2.28. The van der Waals surface area contributed by atoms with Gasteiger partial charge in [-0.05, 0) is 25.8 Å². The molecule has 16 heavy (non-hydrogen) atoms. The maximum absolute atomic E-state index is 5.61. The third-order valence-electron chi connectivity index (χ3n) is 3.53. The summed E-state index contributed by atoms with van der Waals surface area (Å²) in [4.78, 5) is 4.63. The van der Waals surface area contributed by atoms with Gasteiger partial charge in [0.05, 0.1) is 12.3 Å². The van der Waals surface area contributed by atoms with Crippen molar-refractivity contribution >= 4 is 0 Å². The zero-order chi connectivity index (χ0) is 10.8. The third kappa shape index (κ3) is 1.99. The Morgan fingerprint density at radius 1 is 1.31 bits per heavy atom. The van der Waals surface area contributed by atoms with E-state index in [9.17, 15) is 0 Å². The minimum absolute atomic E-state index is 0.453. The first-order chi connectivity index (χ1) is 7.93. The molecule has 3 rings (SSSR count). The molecule has 2 aliphatic rings. The van der Waals surface area contributed by atoms with E-state index in [1.54, 1.807) is 0 Å². The van der Waals surface area contributed by atoms with E-state index in [1.807, 2.05) is 6.26 Å². The molecular weight excluding hydrogens is 204 g/mol. The van der Waals surface area contributed by atoms with E-state index in [2.05, 4.69) is 10.3 Å². The van der Waals surface area contributed by atoms with Crippen molar-refractivity contribution in [2.45, 2.75) is 31.1 Å². The lowest BCUT2D eigenvalue weighted by atomic mass is 10.00. The van der Waals surface area contributed by atoms with E-state index in [4.69, 9.17) is 9.15 Å². The fraction of sp³-hybridized carbons (Fsp3) is 0.750. The second-order valence-electron chi connectivity index (χ2n) is 4.71. The molecule has 2 aliphatic heterocycles. The molecule has 0 bridgehead atoms. The molecule has 0 amide bonds. The maximum atomic E-state index is 5.61. The Labute approximate surface area is 95.4 Å². The van der Waals surface area contributed by atoms with E-state index in [0.29, 0.717) is 11.8 Å². The Kier molecular flexibility index (Phi) is 2.93. The molecule has 2 fully saturated rings. The number of nitrogens with one attached hydrogen (secondary N) is 1. The van der Waals surface area contributed by atoms with Crippen LogP contribution in [0.25, 0.3) is 0 Å². The largest absolute Gasteiger partial charge is 0.448 e. The number of ether oxygens (including phenoxy) is 1. The van der Waals surface area contributed by atoms with Gasteiger partial charge in [0.1, 0.15) is 6.26 Å². The minimum Gasteiger partial charge on any atom is -0.448 e. The van der Waals surface area contributed by atoms with Gasteiger partial charge in [0.15, 0.2) is 5.89 Å². The van der Waals surface area contributed by atoms with Crippen molar-refractivity contribution < 1.29 is 9.15 Å². The quantitative estimate of drug-likeness (QED) is 0.826. The number of nitrogens with zero attached hydrogens (tertiary/aromatic N) is 1. The molecule has 0 radical (unpaired) electrons. The molecule has 4 nitrogen and oxygen atoms in total. The Morgan fingerprint density at radius 2 is 2.31 bits per heavy atom. The Morgan fingerprint density at radius 3 is 3.06 bits per heavy atom. The van der Waals surface area contributed by atoms with E-state index in [-0.39, 0.29) is 0 Å². The van der Waals surface area contributed by atoms with Crippen molar-refractivity contribution in [1.82, 2.24) is 10.3 Å². The van der Waals surface area contributed by atoms with Gasteiger partial charge < -0.3 is 14.5 Å². The number of piperidine rings is 1. The van der Waals surface area contributed by atoms with Crippen LogP contribution in [0.5, 0.6) is 0 Å². The van der Waals surface area contributed by atoms with Gasteiger partial charge >= 0.3 is 0 Å². The monoisotopic (exact) mass is 222 g/mol. The molecule has 0 aromatic carbocycles. The molecule has 3 heterocycles. The van der Waals surface area contributed by atoms with Gasteiger partial charge in [0, 0.05) is 25.0 Å². The highest BCUT2D eigenvalue weighted by Gasteiger charge is 2.24. The van der Waals surface area contributed by atoms with E-state index >= 15 is 0 Å². The van der Waals surface area contributed by atoms with Gasteiger partial charge in [-0.25, -0.2) is 4.98 Å². The summed E-state index contributed by atoms with van der Waals surface area (Å²) in [7, 11) is 0. The number of aromatic nitrogens is 1. The standard InChI is InChI=1S/C12H18N2O2/c1-2-9(6-13-4-1)12-14-11(8-16-12)10-3-5-15-7-10/h8-10,13H,1-7H2. The molecule has 1 aromatic heterocycles. The smallest absolute Gasteiger partial charge is 0.198 e. The van der Waals surface area contributed by atoms with Crippen LogP contribution in [0.1, 0.15) is 42.7 Å². The van der Waals surface area contributed by atoms with Crippen LogP contribution in [0.4, 0.5) is 0 Å². The number of hydrogen-bond acceptors (Lipinski definition) is 4. The van der Waals surface area contributed by atoms with Crippen molar-refractivity contribution in [3.63, 3.8) is 0 Å². The van der Waals surface area contributed by atoms with Crippen LogP contribution in [0, 0.1) is 0 Å². The average molecular weight is 222 g/mol. The van der Waals surface area contributed by atoms with Crippen molar-refractivity contribution in [3.8, 4) is 0 Å². The maximum Gasteiger partial charge on any atom is 0.198 e. The molecule has 0 saturated carbocycles. The third-order valence-corrected chi connectivity index (χ3v) is 3.53. The first kappa shape index (κ1) is 10.3. The summed E-state index contributed by atoms with van der Waals surface area (Å²) in [6.45, 7) is 3.79. The SMILES string of the molecule is c1oc(C2CCCNC2)nc1C1CCOC1. The molecule has 1 aromatic rings.